The van der Waals surface area contributed by atoms with Crippen LogP contribution < -0.4 is 0 Å². The van der Waals surface area contributed by atoms with Gasteiger partial charge in [-0.25, -0.2) is 4.39 Å². The Hall–Kier alpha value is -0.340. The zero-order valence-corrected chi connectivity index (χ0v) is 12.7. The zero-order valence-electron chi connectivity index (χ0n) is 11.9. The maximum atomic E-state index is 13.5. The maximum absolute atomic E-state index is 13.5. The fraction of sp³-hybridized carbons (Fsp3) is 1.00. The smallest absolute Gasteiger partial charge is 0.372 e. The molecule has 0 amide bonds. The molecule has 4 nitrogen and oxygen atoms in total. The molecule has 2 saturated carbocycles. The lowest BCUT2D eigenvalue weighted by molar-refractivity contribution is -0.148. The molecule has 0 spiro atoms. The fourth-order valence-electron chi connectivity index (χ4n) is 3.82. The third-order valence-corrected chi connectivity index (χ3v) is 5.55. The lowest BCUT2D eigenvalue weighted by atomic mass is 9.65. The van der Waals surface area contributed by atoms with Gasteiger partial charge < -0.3 is 4.74 Å². The molecule has 0 aromatic carbocycles. The van der Waals surface area contributed by atoms with Crippen LogP contribution in [0.15, 0.2) is 0 Å². The van der Waals surface area contributed by atoms with Crippen LogP contribution in [0.4, 0.5) is 13.2 Å². The van der Waals surface area contributed by atoms with Gasteiger partial charge in [0.25, 0.3) is 0 Å². The van der Waals surface area contributed by atoms with Crippen molar-refractivity contribution in [2.24, 2.45) is 11.8 Å². The van der Waals surface area contributed by atoms with E-state index < -0.39 is 33.8 Å². The SMILES string of the molecule is CC1CC2CCCC(OCC(F)C(F)(F)S(=O)(=O)O)(C1)C2. The van der Waals surface area contributed by atoms with Crippen molar-refractivity contribution in [1.29, 1.82) is 0 Å². The van der Waals surface area contributed by atoms with Crippen molar-refractivity contribution in [3.05, 3.63) is 0 Å². The molecule has 4 atom stereocenters. The lowest BCUT2D eigenvalue weighted by Gasteiger charge is -2.47. The Labute approximate surface area is 122 Å². The second-order valence-electron chi connectivity index (χ2n) is 6.51. The summed E-state index contributed by atoms with van der Waals surface area (Å²) in [5.41, 5.74) is -0.625. The Morgan fingerprint density at radius 3 is 2.71 bits per heavy atom. The molecular weight excluding hydrogens is 309 g/mol. The zero-order chi connectivity index (χ0) is 15.9. The Morgan fingerprint density at radius 1 is 1.43 bits per heavy atom. The fourth-order valence-corrected chi connectivity index (χ4v) is 4.21. The molecule has 2 fully saturated rings. The molecule has 0 heterocycles. The van der Waals surface area contributed by atoms with Crippen LogP contribution in [0.2, 0.25) is 0 Å². The molecular formula is C13H21F3O4S. The van der Waals surface area contributed by atoms with E-state index in [1.54, 1.807) is 0 Å². The van der Waals surface area contributed by atoms with Gasteiger partial charge in [0.15, 0.2) is 0 Å². The van der Waals surface area contributed by atoms with E-state index in [1.165, 1.54) is 0 Å². The molecule has 4 unspecified atom stereocenters. The van der Waals surface area contributed by atoms with Crippen molar-refractivity contribution in [3.63, 3.8) is 0 Å². The third-order valence-electron chi connectivity index (χ3n) is 4.61. The number of alkyl halides is 3. The number of hydrogen-bond acceptors (Lipinski definition) is 3. The molecule has 1 N–H and O–H groups in total. The van der Waals surface area contributed by atoms with Gasteiger partial charge in [-0.3, -0.25) is 4.55 Å². The summed E-state index contributed by atoms with van der Waals surface area (Å²) >= 11 is 0. The topological polar surface area (TPSA) is 63.6 Å². The average molecular weight is 330 g/mol. The van der Waals surface area contributed by atoms with Gasteiger partial charge in [0.1, 0.15) is 0 Å². The standard InChI is InChI=1S/C13H21F3O4S/c1-9-5-10-3-2-4-12(6-9,7-10)20-8-11(14)13(15,16)21(17,18)19/h9-11H,2-8H2,1H3,(H,17,18,19). The van der Waals surface area contributed by atoms with Crippen LogP contribution in [-0.4, -0.2) is 36.6 Å². The molecule has 0 radical (unpaired) electrons. The van der Waals surface area contributed by atoms with Crippen molar-refractivity contribution in [2.45, 2.75) is 62.5 Å². The normalized spacial score (nSPS) is 35.5. The summed E-state index contributed by atoms with van der Waals surface area (Å²) in [4.78, 5) is 0. The van der Waals surface area contributed by atoms with Crippen LogP contribution in [0.25, 0.3) is 0 Å². The van der Waals surface area contributed by atoms with Crippen LogP contribution in [0, 0.1) is 11.8 Å². The first-order valence-corrected chi connectivity index (χ1v) is 8.63. The van der Waals surface area contributed by atoms with Crippen molar-refractivity contribution < 1.29 is 30.9 Å². The average Bonchev–Trinajstić information content (AvgIpc) is 2.33. The van der Waals surface area contributed by atoms with E-state index in [-0.39, 0.29) is 0 Å². The Balaban J connectivity index is 2.01. The Bertz CT molecular complexity index is 478. The highest BCUT2D eigenvalue weighted by atomic mass is 32.2. The van der Waals surface area contributed by atoms with Crippen molar-refractivity contribution in [3.8, 4) is 0 Å². The number of hydrogen-bond donors (Lipinski definition) is 1. The van der Waals surface area contributed by atoms with Crippen LogP contribution >= 0.6 is 0 Å². The summed E-state index contributed by atoms with van der Waals surface area (Å²) in [5, 5.41) is -4.84. The van der Waals surface area contributed by atoms with E-state index in [0.717, 1.165) is 19.3 Å². The van der Waals surface area contributed by atoms with Crippen molar-refractivity contribution in [1.82, 2.24) is 0 Å². The predicted octanol–water partition coefficient (Wildman–Crippen LogP) is 3.18. The van der Waals surface area contributed by atoms with E-state index in [9.17, 15) is 21.6 Å². The number of fused-ring (bicyclic) bond motifs is 2. The number of halogens is 3. The largest absolute Gasteiger partial charge is 0.402 e. The number of ether oxygens (including phenoxy) is 1. The minimum Gasteiger partial charge on any atom is -0.372 e. The van der Waals surface area contributed by atoms with Crippen LogP contribution in [0.3, 0.4) is 0 Å². The monoisotopic (exact) mass is 330 g/mol. The molecule has 2 aliphatic carbocycles. The summed E-state index contributed by atoms with van der Waals surface area (Å²) in [6, 6.07) is 0. The molecule has 124 valence electrons. The van der Waals surface area contributed by atoms with Crippen LogP contribution in [-0.2, 0) is 14.9 Å². The van der Waals surface area contributed by atoms with Crippen molar-refractivity contribution >= 4 is 10.1 Å². The second kappa shape index (κ2) is 5.70. The van der Waals surface area contributed by atoms with Gasteiger partial charge in [-0.15, -0.1) is 0 Å². The highest BCUT2D eigenvalue weighted by molar-refractivity contribution is 7.86. The van der Waals surface area contributed by atoms with Gasteiger partial charge >= 0.3 is 15.4 Å². The summed E-state index contributed by atoms with van der Waals surface area (Å²) in [5.74, 6) is 0.840. The van der Waals surface area contributed by atoms with Gasteiger partial charge in [-0.1, -0.05) is 19.8 Å². The minimum absolute atomic E-state index is 0.379. The highest BCUT2D eigenvalue weighted by Gasteiger charge is 2.54. The van der Waals surface area contributed by atoms with E-state index in [4.69, 9.17) is 9.29 Å². The quantitative estimate of drug-likeness (QED) is 0.787. The molecule has 8 heteroatoms. The van der Waals surface area contributed by atoms with Crippen LogP contribution in [0.1, 0.15) is 45.4 Å². The molecule has 2 aliphatic rings. The van der Waals surface area contributed by atoms with Crippen LogP contribution in [0.5, 0.6) is 0 Å². The number of rotatable bonds is 5. The summed E-state index contributed by atoms with van der Waals surface area (Å²) < 4.78 is 74.8. The van der Waals surface area contributed by atoms with E-state index in [2.05, 4.69) is 6.92 Å². The van der Waals surface area contributed by atoms with Gasteiger partial charge in [0.05, 0.1) is 12.2 Å². The minimum atomic E-state index is -5.78. The molecule has 0 saturated heterocycles. The molecule has 2 bridgehead atoms. The first-order chi connectivity index (χ1) is 9.56. The third kappa shape index (κ3) is 3.53. The first-order valence-electron chi connectivity index (χ1n) is 7.19. The van der Waals surface area contributed by atoms with Gasteiger partial charge in [0, 0.05) is 0 Å². The second-order valence-corrected chi connectivity index (χ2v) is 8.00. The summed E-state index contributed by atoms with van der Waals surface area (Å²) in [6.07, 6.45) is 2.02. The lowest BCUT2D eigenvalue weighted by Crippen LogP contribution is -2.48. The predicted molar refractivity (Wildman–Crippen MR) is 70.4 cm³/mol. The summed E-state index contributed by atoms with van der Waals surface area (Å²) in [7, 11) is -5.78. The molecule has 0 aromatic heterocycles. The van der Waals surface area contributed by atoms with E-state index in [1.807, 2.05) is 0 Å². The van der Waals surface area contributed by atoms with E-state index in [0.29, 0.717) is 31.1 Å². The van der Waals surface area contributed by atoms with Gasteiger partial charge in [0.2, 0.25) is 6.17 Å². The maximum Gasteiger partial charge on any atom is 0.402 e. The van der Waals surface area contributed by atoms with Crippen molar-refractivity contribution in [2.75, 3.05) is 6.61 Å². The summed E-state index contributed by atoms with van der Waals surface area (Å²) in [6.45, 7) is 1.03. The highest BCUT2D eigenvalue weighted by Crippen LogP contribution is 2.47. The first kappa shape index (κ1) is 17.0. The molecule has 21 heavy (non-hydrogen) atoms. The van der Waals surface area contributed by atoms with Gasteiger partial charge in [-0.2, -0.15) is 17.2 Å². The molecule has 0 aromatic rings. The van der Waals surface area contributed by atoms with E-state index >= 15 is 0 Å². The Morgan fingerprint density at radius 2 is 2.10 bits per heavy atom. The van der Waals surface area contributed by atoms with Gasteiger partial charge in [-0.05, 0) is 37.5 Å². The Kier molecular flexibility index (Phi) is 4.62. The molecule has 0 aliphatic heterocycles. The molecule has 2 rings (SSSR count).